The first-order chi connectivity index (χ1) is 13.8. The van der Waals surface area contributed by atoms with E-state index < -0.39 is 21.3 Å². The lowest BCUT2D eigenvalue weighted by atomic mass is 9.91. The molecule has 0 bridgehead atoms. The number of carbonyl (C=O) groups excluding carboxylic acids is 1. The number of nitrogens with one attached hydrogen (secondary N) is 2. The van der Waals surface area contributed by atoms with Crippen molar-refractivity contribution >= 4 is 15.9 Å². The molecular formula is C22H28N2O4S. The van der Waals surface area contributed by atoms with Gasteiger partial charge in [-0.3, -0.25) is 4.79 Å². The van der Waals surface area contributed by atoms with Gasteiger partial charge in [-0.25, -0.2) is 13.1 Å². The van der Waals surface area contributed by atoms with Crippen molar-refractivity contribution in [1.82, 2.24) is 10.0 Å². The number of para-hydroxylation sites is 1. The van der Waals surface area contributed by atoms with Crippen molar-refractivity contribution in [3.05, 3.63) is 54.1 Å². The van der Waals surface area contributed by atoms with E-state index in [9.17, 15) is 13.2 Å². The summed E-state index contributed by atoms with van der Waals surface area (Å²) in [6, 6.07) is 14.9. The molecule has 7 heteroatoms. The van der Waals surface area contributed by atoms with Gasteiger partial charge in [0.25, 0.3) is 0 Å². The number of hydrogen-bond acceptors (Lipinski definition) is 4. The normalized spacial score (nSPS) is 19.8. The molecule has 6 nitrogen and oxygen atoms in total. The average molecular weight is 417 g/mol. The van der Waals surface area contributed by atoms with Crippen molar-refractivity contribution in [2.24, 2.45) is 0 Å². The predicted octanol–water partition coefficient (Wildman–Crippen LogP) is 3.40. The fourth-order valence-electron chi connectivity index (χ4n) is 3.45. The summed E-state index contributed by atoms with van der Waals surface area (Å²) in [4.78, 5) is 12.0. The lowest BCUT2D eigenvalue weighted by Crippen LogP contribution is -2.51. The zero-order valence-electron chi connectivity index (χ0n) is 17.0. The van der Waals surface area contributed by atoms with E-state index in [2.05, 4.69) is 10.0 Å². The van der Waals surface area contributed by atoms with Gasteiger partial charge >= 0.3 is 0 Å². The maximum absolute atomic E-state index is 12.4. The van der Waals surface area contributed by atoms with Gasteiger partial charge in [0.1, 0.15) is 5.75 Å². The molecule has 29 heavy (non-hydrogen) atoms. The minimum atomic E-state index is -3.44. The highest BCUT2D eigenvalue weighted by Crippen LogP contribution is 2.32. The van der Waals surface area contributed by atoms with Gasteiger partial charge in [0.15, 0.2) is 0 Å². The van der Waals surface area contributed by atoms with Gasteiger partial charge in [-0.05, 0) is 44.4 Å². The number of sulfonamides is 1. The molecule has 1 heterocycles. The van der Waals surface area contributed by atoms with Gasteiger partial charge < -0.3 is 10.1 Å². The highest BCUT2D eigenvalue weighted by atomic mass is 32.2. The maximum atomic E-state index is 12.4. The van der Waals surface area contributed by atoms with Crippen molar-refractivity contribution in [1.29, 1.82) is 0 Å². The molecule has 1 saturated heterocycles. The van der Waals surface area contributed by atoms with E-state index in [-0.39, 0.29) is 11.9 Å². The molecule has 0 unspecified atom stereocenters. The van der Waals surface area contributed by atoms with Crippen molar-refractivity contribution in [3.8, 4) is 16.9 Å². The Morgan fingerprint density at radius 1 is 1.14 bits per heavy atom. The molecule has 156 valence electrons. The number of hydrogen-bond donors (Lipinski definition) is 2. The standard InChI is InChI=1S/C22H28N2O4S/c1-4-28-20-8-6-5-7-18(20)16-9-11-17(12-10-16)22-19(13-14-21(25)23-22)24-29(26,27)15(2)3/h5-12,15,19,22,24H,4,13-14H2,1-3H3,(H,23,25)/t19-,22+/m0/s1. The second-order valence-corrected chi connectivity index (χ2v) is 9.72. The van der Waals surface area contributed by atoms with Gasteiger partial charge in [-0.2, -0.15) is 0 Å². The number of carbonyl (C=O) groups is 1. The molecule has 2 N–H and O–H groups in total. The average Bonchev–Trinajstić information content (AvgIpc) is 2.70. The number of rotatable bonds is 7. The summed E-state index contributed by atoms with van der Waals surface area (Å²) >= 11 is 0. The van der Waals surface area contributed by atoms with Gasteiger partial charge in [0.2, 0.25) is 15.9 Å². The second-order valence-electron chi connectivity index (χ2n) is 7.45. The first kappa shape index (κ1) is 21.3. The van der Waals surface area contributed by atoms with Gasteiger partial charge in [-0.1, -0.05) is 42.5 Å². The molecule has 3 rings (SSSR count). The summed E-state index contributed by atoms with van der Waals surface area (Å²) in [6.07, 6.45) is 0.777. The zero-order valence-corrected chi connectivity index (χ0v) is 17.8. The molecule has 0 saturated carbocycles. The largest absolute Gasteiger partial charge is 0.493 e. The van der Waals surface area contributed by atoms with E-state index in [1.807, 2.05) is 55.5 Å². The van der Waals surface area contributed by atoms with Gasteiger partial charge in [-0.15, -0.1) is 0 Å². The number of benzene rings is 2. The van der Waals surface area contributed by atoms with Crippen LogP contribution in [0.25, 0.3) is 11.1 Å². The molecule has 0 aliphatic carbocycles. The number of ether oxygens (including phenoxy) is 1. The summed E-state index contributed by atoms with van der Waals surface area (Å²) in [5, 5.41) is 2.42. The van der Waals surface area contributed by atoms with Crippen LogP contribution in [0.15, 0.2) is 48.5 Å². The highest BCUT2D eigenvalue weighted by Gasteiger charge is 2.33. The molecule has 1 fully saturated rings. The van der Waals surface area contributed by atoms with Crippen LogP contribution in [-0.2, 0) is 14.8 Å². The van der Waals surface area contributed by atoms with Crippen LogP contribution in [0.2, 0.25) is 0 Å². The Hall–Kier alpha value is -2.38. The van der Waals surface area contributed by atoms with Crippen LogP contribution in [-0.4, -0.2) is 32.2 Å². The van der Waals surface area contributed by atoms with Crippen LogP contribution < -0.4 is 14.8 Å². The quantitative estimate of drug-likeness (QED) is 0.725. The first-order valence-electron chi connectivity index (χ1n) is 9.94. The number of piperidine rings is 1. The van der Waals surface area contributed by atoms with E-state index >= 15 is 0 Å². The summed E-state index contributed by atoms with van der Waals surface area (Å²) < 4.78 is 33.2. The lowest BCUT2D eigenvalue weighted by molar-refractivity contribution is -0.123. The Labute approximate surface area is 172 Å². The summed E-state index contributed by atoms with van der Waals surface area (Å²) in [6.45, 7) is 5.82. The third-order valence-electron chi connectivity index (χ3n) is 5.11. The molecule has 0 aromatic heterocycles. The Bertz CT molecular complexity index is 955. The van der Waals surface area contributed by atoms with Crippen molar-refractivity contribution in [2.45, 2.75) is 50.9 Å². The SMILES string of the molecule is CCOc1ccccc1-c1ccc([C@H]2NC(=O)CC[C@@H]2NS(=O)(=O)C(C)C)cc1. The molecule has 1 aliphatic heterocycles. The first-order valence-corrected chi connectivity index (χ1v) is 11.5. The van der Waals surface area contributed by atoms with Crippen LogP contribution >= 0.6 is 0 Å². The minimum Gasteiger partial charge on any atom is -0.493 e. The second kappa shape index (κ2) is 8.97. The molecule has 2 aromatic rings. The van der Waals surface area contributed by atoms with Gasteiger partial charge in [0, 0.05) is 18.0 Å². The smallest absolute Gasteiger partial charge is 0.220 e. The molecular weight excluding hydrogens is 388 g/mol. The number of amides is 1. The van der Waals surface area contributed by atoms with Crippen LogP contribution in [0.1, 0.15) is 45.2 Å². The van der Waals surface area contributed by atoms with Crippen LogP contribution in [0.3, 0.4) is 0 Å². The zero-order chi connectivity index (χ0) is 21.0. The third-order valence-corrected chi connectivity index (χ3v) is 6.98. The summed E-state index contributed by atoms with van der Waals surface area (Å²) in [5.41, 5.74) is 2.86. The fourth-order valence-corrected chi connectivity index (χ4v) is 4.39. The Kier molecular flexibility index (Phi) is 6.59. The topological polar surface area (TPSA) is 84.5 Å². The third kappa shape index (κ3) is 4.97. The van der Waals surface area contributed by atoms with Crippen LogP contribution in [0.5, 0.6) is 5.75 Å². The van der Waals surface area contributed by atoms with E-state index in [4.69, 9.17) is 4.74 Å². The van der Waals surface area contributed by atoms with E-state index in [1.165, 1.54) is 0 Å². The summed E-state index contributed by atoms with van der Waals surface area (Å²) in [5.74, 6) is 0.747. The monoisotopic (exact) mass is 416 g/mol. The lowest BCUT2D eigenvalue weighted by Gasteiger charge is -2.33. The maximum Gasteiger partial charge on any atom is 0.220 e. The van der Waals surface area contributed by atoms with E-state index in [1.54, 1.807) is 13.8 Å². The fraction of sp³-hybridized carbons (Fsp3) is 0.409. The Morgan fingerprint density at radius 2 is 1.83 bits per heavy atom. The molecule has 0 spiro atoms. The Morgan fingerprint density at radius 3 is 2.48 bits per heavy atom. The van der Waals surface area contributed by atoms with E-state index in [0.29, 0.717) is 19.4 Å². The molecule has 1 amide bonds. The molecule has 0 radical (unpaired) electrons. The minimum absolute atomic E-state index is 0.0687. The van der Waals surface area contributed by atoms with Gasteiger partial charge in [0.05, 0.1) is 17.9 Å². The Balaban J connectivity index is 1.87. The van der Waals surface area contributed by atoms with E-state index in [0.717, 1.165) is 22.4 Å². The molecule has 2 aromatic carbocycles. The highest BCUT2D eigenvalue weighted by molar-refractivity contribution is 7.90. The molecule has 1 aliphatic rings. The van der Waals surface area contributed by atoms with Crippen molar-refractivity contribution < 1.29 is 17.9 Å². The predicted molar refractivity (Wildman–Crippen MR) is 114 cm³/mol. The van der Waals surface area contributed by atoms with Crippen molar-refractivity contribution in [3.63, 3.8) is 0 Å². The van der Waals surface area contributed by atoms with Crippen molar-refractivity contribution in [2.75, 3.05) is 6.61 Å². The molecule has 2 atom stereocenters. The summed E-state index contributed by atoms with van der Waals surface area (Å²) in [7, 11) is -3.44. The van der Waals surface area contributed by atoms with Crippen LogP contribution in [0.4, 0.5) is 0 Å². The van der Waals surface area contributed by atoms with Crippen LogP contribution in [0, 0.1) is 0 Å².